The van der Waals surface area contributed by atoms with Crippen LogP contribution in [0.5, 0.6) is 0 Å². The second kappa shape index (κ2) is 7.52. The van der Waals surface area contributed by atoms with Crippen molar-refractivity contribution >= 4 is 11.3 Å². The maximum atomic E-state index is 6.20. The molecule has 0 amide bonds. The summed E-state index contributed by atoms with van der Waals surface area (Å²) in [5.74, 6) is 0.481. The first-order valence-corrected chi connectivity index (χ1v) is 12.2. The minimum atomic E-state index is -0.104. The maximum absolute atomic E-state index is 6.20. The Hall–Kier alpha value is -3.00. The van der Waals surface area contributed by atoms with Crippen LogP contribution < -0.4 is 11.5 Å². The van der Waals surface area contributed by atoms with Gasteiger partial charge < -0.3 is 11.5 Å². The molecule has 0 aromatic heterocycles. The van der Waals surface area contributed by atoms with Gasteiger partial charge in [0.1, 0.15) is 0 Å². The molecule has 2 unspecified atom stereocenters. The lowest BCUT2D eigenvalue weighted by Gasteiger charge is -2.32. The van der Waals surface area contributed by atoms with Crippen LogP contribution in [0.15, 0.2) is 94.8 Å². The van der Waals surface area contributed by atoms with Crippen molar-refractivity contribution in [3.8, 4) is 0 Å². The lowest BCUT2D eigenvalue weighted by molar-refractivity contribution is 0.498. The van der Waals surface area contributed by atoms with Crippen LogP contribution in [0.4, 0.5) is 5.69 Å². The van der Waals surface area contributed by atoms with Gasteiger partial charge in [0, 0.05) is 28.1 Å². The van der Waals surface area contributed by atoms with Gasteiger partial charge in [0.2, 0.25) is 0 Å². The van der Waals surface area contributed by atoms with E-state index in [4.69, 9.17) is 11.5 Å². The Kier molecular flexibility index (Phi) is 4.97. The molecule has 2 nitrogen and oxygen atoms in total. The fourth-order valence-corrected chi connectivity index (χ4v) is 6.92. The molecule has 0 radical (unpaired) electrons. The Labute approximate surface area is 198 Å². The Balaban J connectivity index is 1.57. The van der Waals surface area contributed by atoms with Gasteiger partial charge in [-0.3, -0.25) is 0 Å². The molecule has 0 aliphatic heterocycles. The number of anilines is 1. The smallest absolute Gasteiger partial charge is 0.0320 e. The highest BCUT2D eigenvalue weighted by molar-refractivity contribution is 5.89. The monoisotopic (exact) mass is 436 g/mol. The Morgan fingerprint density at radius 1 is 1.12 bits per heavy atom. The summed E-state index contributed by atoms with van der Waals surface area (Å²) in [6.07, 6.45) is 17.7. The quantitative estimate of drug-likeness (QED) is 0.487. The number of nitrogens with two attached hydrogens (primary N) is 2. The van der Waals surface area contributed by atoms with Crippen molar-refractivity contribution in [2.24, 2.45) is 17.1 Å². The van der Waals surface area contributed by atoms with Gasteiger partial charge in [-0.25, -0.2) is 0 Å². The average Bonchev–Trinajstić information content (AvgIpc) is 3.13. The Morgan fingerprint density at radius 3 is 2.64 bits per heavy atom. The van der Waals surface area contributed by atoms with Gasteiger partial charge in [0.05, 0.1) is 0 Å². The van der Waals surface area contributed by atoms with Crippen molar-refractivity contribution in [2.75, 3.05) is 5.73 Å². The van der Waals surface area contributed by atoms with Crippen molar-refractivity contribution in [3.63, 3.8) is 0 Å². The molecule has 0 fully saturated rings. The van der Waals surface area contributed by atoms with Gasteiger partial charge in [-0.05, 0) is 78.7 Å². The molecular formula is C31H36N2. The Morgan fingerprint density at radius 2 is 1.91 bits per heavy atom. The predicted octanol–water partition coefficient (Wildman–Crippen LogP) is 7.29. The van der Waals surface area contributed by atoms with E-state index in [0.717, 1.165) is 37.1 Å². The van der Waals surface area contributed by atoms with Gasteiger partial charge in [-0.2, -0.15) is 0 Å². The van der Waals surface area contributed by atoms with Crippen molar-refractivity contribution in [1.29, 1.82) is 0 Å². The van der Waals surface area contributed by atoms with E-state index < -0.39 is 0 Å². The van der Waals surface area contributed by atoms with Gasteiger partial charge in [0.25, 0.3) is 0 Å². The summed E-state index contributed by atoms with van der Waals surface area (Å²) in [6, 6.07) is 6.40. The van der Waals surface area contributed by atoms with Gasteiger partial charge >= 0.3 is 0 Å². The molecule has 0 saturated carbocycles. The number of hydrogen-bond acceptors (Lipinski definition) is 2. The summed E-state index contributed by atoms with van der Waals surface area (Å²) in [6.45, 7) is 13.4. The largest absolute Gasteiger partial charge is 0.399 e. The molecule has 2 atom stereocenters. The number of allylic oxidation sites excluding steroid dienone is 12. The van der Waals surface area contributed by atoms with Gasteiger partial charge in [-0.1, -0.05) is 80.5 Å². The molecule has 4 aliphatic carbocycles. The third kappa shape index (κ3) is 3.14. The zero-order chi connectivity index (χ0) is 23.5. The second-order valence-corrected chi connectivity index (χ2v) is 10.8. The van der Waals surface area contributed by atoms with E-state index in [2.05, 4.69) is 82.9 Å². The number of rotatable bonds is 4. The summed E-state index contributed by atoms with van der Waals surface area (Å²) in [5.41, 5.74) is 25.5. The molecule has 1 aromatic rings. The Bertz CT molecular complexity index is 1240. The predicted molar refractivity (Wildman–Crippen MR) is 141 cm³/mol. The van der Waals surface area contributed by atoms with Crippen LogP contribution in [-0.4, -0.2) is 0 Å². The minimum Gasteiger partial charge on any atom is -0.399 e. The SMILES string of the molecule is C=CC1=C(/C=C\C)c2cc(N)ccc2C1(C)CC1=CC2=C(CC1)C(C)(C)C1=CC(N)=CCC12. The van der Waals surface area contributed by atoms with Crippen molar-refractivity contribution in [3.05, 3.63) is 106 Å². The number of fused-ring (bicyclic) bond motifs is 3. The van der Waals surface area contributed by atoms with Crippen molar-refractivity contribution in [2.45, 2.75) is 58.8 Å². The fraction of sp³-hybridized carbons (Fsp3) is 0.355. The average molecular weight is 437 g/mol. The second-order valence-electron chi connectivity index (χ2n) is 10.8. The van der Waals surface area contributed by atoms with E-state index >= 15 is 0 Å². The summed E-state index contributed by atoms with van der Waals surface area (Å²) in [7, 11) is 0. The van der Waals surface area contributed by atoms with Crippen LogP contribution in [0.25, 0.3) is 5.57 Å². The molecule has 4 aliphatic rings. The summed E-state index contributed by atoms with van der Waals surface area (Å²) < 4.78 is 0. The van der Waals surface area contributed by atoms with E-state index in [0.29, 0.717) is 5.92 Å². The molecule has 33 heavy (non-hydrogen) atoms. The molecule has 0 bridgehead atoms. The molecule has 5 rings (SSSR count). The maximum Gasteiger partial charge on any atom is 0.0320 e. The molecule has 2 heteroatoms. The van der Waals surface area contributed by atoms with Crippen LogP contribution in [0.1, 0.15) is 64.5 Å². The van der Waals surface area contributed by atoms with Crippen molar-refractivity contribution in [1.82, 2.24) is 0 Å². The van der Waals surface area contributed by atoms with Crippen LogP contribution in [0, 0.1) is 11.3 Å². The summed E-state index contributed by atoms with van der Waals surface area (Å²) in [4.78, 5) is 0. The fourth-order valence-electron chi connectivity index (χ4n) is 6.92. The highest BCUT2D eigenvalue weighted by Gasteiger charge is 2.45. The van der Waals surface area contributed by atoms with Crippen LogP contribution in [0.2, 0.25) is 0 Å². The minimum absolute atomic E-state index is 0.104. The zero-order valence-electron chi connectivity index (χ0n) is 20.5. The van der Waals surface area contributed by atoms with Crippen molar-refractivity contribution < 1.29 is 0 Å². The first-order valence-electron chi connectivity index (χ1n) is 12.2. The topological polar surface area (TPSA) is 52.0 Å². The zero-order valence-corrected chi connectivity index (χ0v) is 20.5. The van der Waals surface area contributed by atoms with Crippen LogP contribution in [0.3, 0.4) is 0 Å². The number of benzene rings is 1. The molecule has 4 N–H and O–H groups in total. The molecule has 0 heterocycles. The molecule has 170 valence electrons. The molecule has 1 aromatic carbocycles. The molecular weight excluding hydrogens is 400 g/mol. The van der Waals surface area contributed by atoms with Gasteiger partial charge in [-0.15, -0.1) is 0 Å². The van der Waals surface area contributed by atoms with E-state index in [9.17, 15) is 0 Å². The lowest BCUT2D eigenvalue weighted by Crippen LogP contribution is -2.23. The third-order valence-electron chi connectivity index (χ3n) is 8.47. The lowest BCUT2D eigenvalue weighted by atomic mass is 9.71. The van der Waals surface area contributed by atoms with Crippen LogP contribution >= 0.6 is 0 Å². The number of hydrogen-bond donors (Lipinski definition) is 2. The number of nitrogen functional groups attached to an aromatic ring is 1. The highest BCUT2D eigenvalue weighted by Crippen LogP contribution is 2.58. The molecule has 0 saturated heterocycles. The summed E-state index contributed by atoms with van der Waals surface area (Å²) in [5, 5.41) is 0. The van der Waals surface area contributed by atoms with E-state index in [-0.39, 0.29) is 10.8 Å². The highest BCUT2D eigenvalue weighted by atomic mass is 14.6. The van der Waals surface area contributed by atoms with Gasteiger partial charge in [0.15, 0.2) is 0 Å². The normalized spacial score (nSPS) is 27.8. The first-order chi connectivity index (χ1) is 15.7. The first kappa shape index (κ1) is 21.8. The summed E-state index contributed by atoms with van der Waals surface area (Å²) >= 11 is 0. The van der Waals surface area contributed by atoms with Crippen LogP contribution in [-0.2, 0) is 5.41 Å². The third-order valence-corrected chi connectivity index (χ3v) is 8.47. The van der Waals surface area contributed by atoms with E-state index in [1.165, 1.54) is 27.8 Å². The van der Waals surface area contributed by atoms with E-state index in [1.807, 2.05) is 6.07 Å². The van der Waals surface area contributed by atoms with E-state index in [1.54, 1.807) is 16.7 Å². The standard InChI is InChI=1S/C31H36N2/c1-6-8-22-25-16-20(32)11-14-28(25)31(5,26(22)7-2)18-19-9-13-27-24(15-19)23-12-10-21(33)17-29(23)30(27,3)4/h6-8,10-11,14-17,23H,2,9,12-13,18,32-33H2,1,3-5H3/b8-6-. The molecule has 0 spiro atoms.